The van der Waals surface area contributed by atoms with Gasteiger partial charge in [-0.3, -0.25) is 0 Å². The number of benzene rings is 3. The zero-order chi connectivity index (χ0) is 25.5. The number of esters is 1. The van der Waals surface area contributed by atoms with Crippen LogP contribution in [-0.4, -0.2) is 48.7 Å². The quantitative estimate of drug-likeness (QED) is 0.123. The fourth-order valence-corrected chi connectivity index (χ4v) is 3.17. The zero-order valence-corrected chi connectivity index (χ0v) is 18.2. The molecule has 1 atom stereocenters. The van der Waals surface area contributed by atoms with E-state index in [1.54, 1.807) is 6.07 Å². The van der Waals surface area contributed by atoms with E-state index in [2.05, 4.69) is 0 Å². The highest BCUT2D eigenvalue weighted by Gasteiger charge is 2.22. The van der Waals surface area contributed by atoms with Crippen LogP contribution in [0.1, 0.15) is 22.3 Å². The zero-order valence-electron chi connectivity index (χ0n) is 18.2. The summed E-state index contributed by atoms with van der Waals surface area (Å²) in [6.45, 7) is 0. The summed E-state index contributed by atoms with van der Waals surface area (Å²) >= 11 is 0. The van der Waals surface area contributed by atoms with Crippen LogP contribution in [0, 0.1) is 0 Å². The Hall–Kier alpha value is -4.92. The number of aliphatic carboxylic acids is 1. The van der Waals surface area contributed by atoms with Gasteiger partial charge in [0, 0.05) is 18.1 Å². The van der Waals surface area contributed by atoms with Gasteiger partial charge in [0.1, 0.15) is 5.75 Å². The van der Waals surface area contributed by atoms with Gasteiger partial charge in [-0.1, -0.05) is 30.3 Å². The number of carbonyl (C=O) groups excluding carboxylic acids is 1. The molecule has 0 saturated heterocycles. The van der Waals surface area contributed by atoms with Crippen molar-refractivity contribution in [2.24, 2.45) is 0 Å². The van der Waals surface area contributed by atoms with Crippen molar-refractivity contribution >= 4 is 30.2 Å². The van der Waals surface area contributed by atoms with Crippen molar-refractivity contribution in [3.63, 3.8) is 0 Å². The Morgan fingerprint density at radius 3 is 2.26 bits per heavy atom. The van der Waals surface area contributed by atoms with Gasteiger partial charge < -0.3 is 35.4 Å². The lowest BCUT2D eigenvalue weighted by molar-refractivity contribution is -0.160. The Labute approximate surface area is 199 Å². The molecule has 6 N–H and O–H groups in total. The Balaban J connectivity index is 1.79. The fraction of sp³-hybridized carbons (Fsp3) is 0.0769. The van der Waals surface area contributed by atoms with E-state index in [9.17, 15) is 40.2 Å². The summed E-state index contributed by atoms with van der Waals surface area (Å²) in [7, 11) is 0. The maximum absolute atomic E-state index is 12.3. The third kappa shape index (κ3) is 6.55. The van der Waals surface area contributed by atoms with Gasteiger partial charge in [-0.15, -0.1) is 0 Å². The Kier molecular flexibility index (Phi) is 7.63. The molecule has 9 nitrogen and oxygen atoms in total. The predicted molar refractivity (Wildman–Crippen MR) is 127 cm³/mol. The van der Waals surface area contributed by atoms with E-state index in [1.807, 2.05) is 0 Å². The van der Waals surface area contributed by atoms with Gasteiger partial charge in [0.25, 0.3) is 0 Å². The first-order valence-electron chi connectivity index (χ1n) is 10.3. The van der Waals surface area contributed by atoms with Gasteiger partial charge in [-0.25, -0.2) is 9.59 Å². The molecule has 35 heavy (non-hydrogen) atoms. The second-order valence-electron chi connectivity index (χ2n) is 7.49. The molecule has 0 amide bonds. The van der Waals surface area contributed by atoms with Gasteiger partial charge in [0.05, 0.1) is 0 Å². The topological polar surface area (TPSA) is 165 Å². The Morgan fingerprint density at radius 2 is 1.57 bits per heavy atom. The molecule has 0 heterocycles. The molecule has 0 spiro atoms. The van der Waals surface area contributed by atoms with Crippen LogP contribution in [-0.2, 0) is 20.7 Å². The highest BCUT2D eigenvalue weighted by Crippen LogP contribution is 2.34. The largest absolute Gasteiger partial charge is 0.508 e. The molecule has 3 rings (SSSR count). The Bertz CT molecular complexity index is 1310. The molecule has 180 valence electrons. The summed E-state index contributed by atoms with van der Waals surface area (Å²) in [5.41, 5.74) is 1.38. The van der Waals surface area contributed by atoms with Gasteiger partial charge in [-0.2, -0.15) is 0 Å². The van der Waals surface area contributed by atoms with Crippen molar-refractivity contribution in [3.8, 4) is 28.7 Å². The molecule has 0 bridgehead atoms. The number of hydrogen-bond acceptors (Lipinski definition) is 8. The van der Waals surface area contributed by atoms with E-state index >= 15 is 0 Å². The van der Waals surface area contributed by atoms with Crippen LogP contribution in [0.2, 0.25) is 0 Å². The molecule has 0 unspecified atom stereocenters. The minimum atomic E-state index is -1.50. The molecule has 0 radical (unpaired) electrons. The maximum atomic E-state index is 12.3. The molecular weight excluding hydrogens is 456 g/mol. The van der Waals surface area contributed by atoms with Crippen molar-refractivity contribution in [2.75, 3.05) is 0 Å². The van der Waals surface area contributed by atoms with Gasteiger partial charge in [0.2, 0.25) is 6.10 Å². The average molecular weight is 478 g/mol. The smallest absolute Gasteiger partial charge is 0.345 e. The minimum Gasteiger partial charge on any atom is -0.508 e. The van der Waals surface area contributed by atoms with Crippen molar-refractivity contribution in [1.82, 2.24) is 0 Å². The van der Waals surface area contributed by atoms with Crippen LogP contribution in [0.15, 0.2) is 60.7 Å². The number of aromatic hydroxyl groups is 5. The lowest BCUT2D eigenvalue weighted by Gasteiger charge is -2.13. The first-order chi connectivity index (χ1) is 16.6. The first kappa shape index (κ1) is 24.7. The first-order valence-corrected chi connectivity index (χ1v) is 10.3. The summed E-state index contributed by atoms with van der Waals surface area (Å²) in [5.74, 6) is -3.88. The van der Waals surface area contributed by atoms with Crippen LogP contribution in [0.25, 0.3) is 18.2 Å². The van der Waals surface area contributed by atoms with E-state index in [-0.39, 0.29) is 29.2 Å². The maximum Gasteiger partial charge on any atom is 0.345 e. The fourth-order valence-electron chi connectivity index (χ4n) is 3.17. The summed E-state index contributed by atoms with van der Waals surface area (Å²) in [4.78, 5) is 23.8. The van der Waals surface area contributed by atoms with Crippen LogP contribution < -0.4 is 0 Å². The summed E-state index contributed by atoms with van der Waals surface area (Å²) in [6.07, 6.45) is 3.53. The molecule has 0 aliphatic rings. The number of phenolic OH excluding ortho intramolecular Hbond substituents is 5. The van der Waals surface area contributed by atoms with Crippen molar-refractivity contribution in [2.45, 2.75) is 12.5 Å². The van der Waals surface area contributed by atoms with Crippen LogP contribution in [0.4, 0.5) is 0 Å². The van der Waals surface area contributed by atoms with Gasteiger partial charge in [-0.05, 0) is 59.2 Å². The average Bonchev–Trinajstić information content (AvgIpc) is 2.81. The number of carboxylic acids is 1. The second kappa shape index (κ2) is 10.8. The number of phenols is 5. The van der Waals surface area contributed by atoms with E-state index in [4.69, 9.17) is 4.74 Å². The standard InChI is InChI=1S/C26H22O9/c27-18-3-1-2-16(12-18)14-23(26(33)34)35-24(31)11-7-17-6-10-21(29)25(32)19(17)8-4-15-5-9-20(28)22(30)13-15/h1-13,23,27-30,32H,14H2,(H,33,34)/b8-4+,11-7+/t23-/m1/s1. The summed E-state index contributed by atoms with van der Waals surface area (Å²) in [5, 5.41) is 58.1. The molecule has 3 aromatic rings. The molecule has 0 fully saturated rings. The van der Waals surface area contributed by atoms with E-state index in [1.165, 1.54) is 66.8 Å². The third-order valence-corrected chi connectivity index (χ3v) is 4.94. The molecule has 3 aromatic carbocycles. The molecular formula is C26H22O9. The monoisotopic (exact) mass is 478 g/mol. The van der Waals surface area contributed by atoms with Gasteiger partial charge in [0.15, 0.2) is 23.0 Å². The van der Waals surface area contributed by atoms with Crippen molar-refractivity contribution in [3.05, 3.63) is 82.9 Å². The van der Waals surface area contributed by atoms with Crippen LogP contribution >= 0.6 is 0 Å². The molecule has 0 aliphatic heterocycles. The van der Waals surface area contributed by atoms with E-state index < -0.39 is 29.5 Å². The number of carboxylic acid groups (broad SMARTS) is 1. The van der Waals surface area contributed by atoms with Crippen molar-refractivity contribution in [1.29, 1.82) is 0 Å². The van der Waals surface area contributed by atoms with Crippen LogP contribution in [0.3, 0.4) is 0 Å². The number of ether oxygens (including phenoxy) is 1. The summed E-state index contributed by atoms with van der Waals surface area (Å²) < 4.78 is 5.04. The number of carbonyl (C=O) groups is 2. The Morgan fingerprint density at radius 1 is 0.829 bits per heavy atom. The molecule has 9 heteroatoms. The third-order valence-electron chi connectivity index (χ3n) is 4.94. The second-order valence-corrected chi connectivity index (χ2v) is 7.49. The van der Waals surface area contributed by atoms with Crippen molar-refractivity contribution < 1.29 is 45.0 Å². The highest BCUT2D eigenvalue weighted by atomic mass is 16.6. The number of rotatable bonds is 8. The predicted octanol–water partition coefficient (Wildman–Crippen LogP) is 3.64. The lowest BCUT2D eigenvalue weighted by Crippen LogP contribution is -2.28. The van der Waals surface area contributed by atoms with Gasteiger partial charge >= 0.3 is 11.9 Å². The normalized spacial score (nSPS) is 12.1. The summed E-state index contributed by atoms with van der Waals surface area (Å²) in [6, 6.07) is 12.6. The molecule has 0 saturated carbocycles. The van der Waals surface area contributed by atoms with E-state index in [0.717, 1.165) is 6.08 Å². The number of hydrogen-bond donors (Lipinski definition) is 6. The van der Waals surface area contributed by atoms with E-state index in [0.29, 0.717) is 16.7 Å². The molecule has 0 aromatic heterocycles. The molecule has 0 aliphatic carbocycles. The van der Waals surface area contributed by atoms with Crippen LogP contribution in [0.5, 0.6) is 28.7 Å². The minimum absolute atomic E-state index is 0.0481. The SMILES string of the molecule is O=C(/C=C/c1ccc(O)c(O)c1/C=C/c1ccc(O)c(O)c1)O[C@H](Cc1cccc(O)c1)C(=O)O. The lowest BCUT2D eigenvalue weighted by atomic mass is 10.0. The highest BCUT2D eigenvalue weighted by molar-refractivity contribution is 5.91.